The Kier molecular flexibility index (Phi) is 3.41. The van der Waals surface area contributed by atoms with Crippen LogP contribution in [0.15, 0.2) is 22.8 Å². The fourth-order valence-corrected chi connectivity index (χ4v) is 3.29. The summed E-state index contributed by atoms with van der Waals surface area (Å²) in [5.41, 5.74) is -0.0371. The van der Waals surface area contributed by atoms with Crippen molar-refractivity contribution >= 4 is 0 Å². The Morgan fingerprint density at radius 1 is 1.44 bits per heavy atom. The van der Waals surface area contributed by atoms with Gasteiger partial charge in [0.15, 0.2) is 0 Å². The summed E-state index contributed by atoms with van der Waals surface area (Å²) in [5, 5.41) is 3.39. The predicted molar refractivity (Wildman–Crippen MR) is 67.4 cm³/mol. The van der Waals surface area contributed by atoms with Crippen LogP contribution in [-0.4, -0.2) is 32.5 Å². The first-order chi connectivity index (χ1) is 8.83. The molecule has 18 heavy (non-hydrogen) atoms. The Balaban J connectivity index is 1.74. The van der Waals surface area contributed by atoms with Gasteiger partial charge in [-0.15, -0.1) is 0 Å². The van der Waals surface area contributed by atoms with Crippen molar-refractivity contribution in [1.82, 2.24) is 5.32 Å². The summed E-state index contributed by atoms with van der Waals surface area (Å²) in [6.07, 6.45) is 4.90. The number of hydrogen-bond donors (Lipinski definition) is 1. The van der Waals surface area contributed by atoms with Gasteiger partial charge in [0.05, 0.1) is 24.5 Å². The number of nitrogens with one attached hydrogen (secondary N) is 1. The Labute approximate surface area is 108 Å². The standard InChI is InChI=1S/C14H21NO3/c1-15-13(12-3-2-6-17-12)11-4-7-18-14(9-11)5-8-16-10-14/h2-3,6,11,13,15H,4-5,7-10H2,1H3. The maximum atomic E-state index is 5.99. The number of rotatable bonds is 3. The van der Waals surface area contributed by atoms with E-state index in [1.807, 2.05) is 13.1 Å². The molecule has 0 amide bonds. The monoisotopic (exact) mass is 251 g/mol. The van der Waals surface area contributed by atoms with Crippen LogP contribution in [0.1, 0.15) is 31.1 Å². The van der Waals surface area contributed by atoms with Gasteiger partial charge in [-0.25, -0.2) is 0 Å². The second kappa shape index (κ2) is 5.03. The molecule has 3 rings (SSSR count). The van der Waals surface area contributed by atoms with Crippen LogP contribution < -0.4 is 5.32 Å². The Bertz CT molecular complexity index is 370. The smallest absolute Gasteiger partial charge is 0.120 e. The molecule has 0 radical (unpaired) electrons. The van der Waals surface area contributed by atoms with E-state index in [-0.39, 0.29) is 11.6 Å². The molecule has 2 aliphatic heterocycles. The SMILES string of the molecule is CNC(c1ccco1)C1CCOC2(CCOC2)C1. The van der Waals surface area contributed by atoms with Gasteiger partial charge in [0.2, 0.25) is 0 Å². The maximum Gasteiger partial charge on any atom is 0.120 e. The molecule has 1 aromatic rings. The number of furan rings is 1. The minimum atomic E-state index is -0.0371. The van der Waals surface area contributed by atoms with E-state index in [0.717, 1.165) is 44.8 Å². The van der Waals surface area contributed by atoms with Gasteiger partial charge in [-0.2, -0.15) is 0 Å². The summed E-state index contributed by atoms with van der Waals surface area (Å²) in [7, 11) is 2.00. The second-order valence-electron chi connectivity index (χ2n) is 5.37. The highest BCUT2D eigenvalue weighted by Crippen LogP contribution is 2.40. The van der Waals surface area contributed by atoms with E-state index in [9.17, 15) is 0 Å². The van der Waals surface area contributed by atoms with Crippen LogP contribution >= 0.6 is 0 Å². The van der Waals surface area contributed by atoms with Crippen LogP contribution in [0.2, 0.25) is 0 Å². The maximum absolute atomic E-state index is 5.99. The van der Waals surface area contributed by atoms with Crippen molar-refractivity contribution in [3.63, 3.8) is 0 Å². The molecule has 3 heterocycles. The molecular weight excluding hydrogens is 230 g/mol. The first-order valence-corrected chi connectivity index (χ1v) is 6.75. The number of hydrogen-bond acceptors (Lipinski definition) is 4. The van der Waals surface area contributed by atoms with Crippen LogP contribution in [0.3, 0.4) is 0 Å². The molecule has 2 aliphatic rings. The molecule has 3 atom stereocenters. The minimum absolute atomic E-state index is 0.0371. The van der Waals surface area contributed by atoms with Crippen LogP contribution in [0, 0.1) is 5.92 Å². The molecule has 0 saturated carbocycles. The van der Waals surface area contributed by atoms with E-state index < -0.39 is 0 Å². The summed E-state index contributed by atoms with van der Waals surface area (Å²) in [6, 6.07) is 4.28. The van der Waals surface area contributed by atoms with Crippen molar-refractivity contribution in [2.75, 3.05) is 26.9 Å². The average Bonchev–Trinajstić information content (AvgIpc) is 3.03. The highest BCUT2D eigenvalue weighted by Gasteiger charge is 2.43. The highest BCUT2D eigenvalue weighted by molar-refractivity contribution is 5.07. The molecule has 0 aromatic carbocycles. The predicted octanol–water partition coefficient (Wildman–Crippen LogP) is 2.13. The van der Waals surface area contributed by atoms with Gasteiger partial charge in [0, 0.05) is 19.6 Å². The van der Waals surface area contributed by atoms with Crippen LogP contribution in [0.25, 0.3) is 0 Å². The molecular formula is C14H21NO3. The number of ether oxygens (including phenoxy) is 2. The molecule has 3 unspecified atom stereocenters. The third-order valence-electron chi connectivity index (χ3n) is 4.23. The summed E-state index contributed by atoms with van der Waals surface area (Å²) >= 11 is 0. The van der Waals surface area contributed by atoms with Gasteiger partial charge in [0.25, 0.3) is 0 Å². The summed E-state index contributed by atoms with van der Waals surface area (Å²) in [4.78, 5) is 0. The molecule has 1 spiro atoms. The van der Waals surface area contributed by atoms with E-state index in [0.29, 0.717) is 5.92 Å². The van der Waals surface area contributed by atoms with Crippen LogP contribution in [0.5, 0.6) is 0 Å². The van der Waals surface area contributed by atoms with Crippen molar-refractivity contribution in [1.29, 1.82) is 0 Å². The van der Waals surface area contributed by atoms with Gasteiger partial charge >= 0.3 is 0 Å². The van der Waals surface area contributed by atoms with Crippen molar-refractivity contribution in [3.05, 3.63) is 24.2 Å². The van der Waals surface area contributed by atoms with Gasteiger partial charge in [-0.3, -0.25) is 0 Å². The summed E-state index contributed by atoms with van der Waals surface area (Å²) in [5.74, 6) is 1.58. The third kappa shape index (κ3) is 2.20. The van der Waals surface area contributed by atoms with Crippen LogP contribution in [-0.2, 0) is 9.47 Å². The normalized spacial score (nSPS) is 33.9. The minimum Gasteiger partial charge on any atom is -0.468 e. The van der Waals surface area contributed by atoms with Crippen molar-refractivity contribution < 1.29 is 13.9 Å². The molecule has 100 valence electrons. The molecule has 0 aliphatic carbocycles. The lowest BCUT2D eigenvalue weighted by Crippen LogP contribution is -2.43. The highest BCUT2D eigenvalue weighted by atomic mass is 16.6. The molecule has 2 saturated heterocycles. The van der Waals surface area contributed by atoms with Crippen molar-refractivity contribution in [2.45, 2.75) is 30.9 Å². The largest absolute Gasteiger partial charge is 0.468 e. The van der Waals surface area contributed by atoms with Gasteiger partial charge in [-0.05, 0) is 37.9 Å². The molecule has 0 bridgehead atoms. The molecule has 4 heteroatoms. The van der Waals surface area contributed by atoms with Crippen molar-refractivity contribution in [2.24, 2.45) is 5.92 Å². The van der Waals surface area contributed by atoms with Crippen molar-refractivity contribution in [3.8, 4) is 0 Å². The Morgan fingerprint density at radius 3 is 3.06 bits per heavy atom. The quantitative estimate of drug-likeness (QED) is 0.893. The van der Waals surface area contributed by atoms with E-state index in [1.165, 1.54) is 0 Å². The zero-order valence-corrected chi connectivity index (χ0v) is 10.9. The first-order valence-electron chi connectivity index (χ1n) is 6.75. The van der Waals surface area contributed by atoms with Crippen LogP contribution in [0.4, 0.5) is 0 Å². The Hall–Kier alpha value is -0.840. The average molecular weight is 251 g/mol. The fraction of sp³-hybridized carbons (Fsp3) is 0.714. The van der Waals surface area contributed by atoms with E-state index >= 15 is 0 Å². The summed E-state index contributed by atoms with van der Waals surface area (Å²) in [6.45, 7) is 2.41. The zero-order valence-electron chi connectivity index (χ0n) is 10.9. The molecule has 2 fully saturated rings. The molecule has 4 nitrogen and oxygen atoms in total. The fourth-order valence-electron chi connectivity index (χ4n) is 3.29. The lowest BCUT2D eigenvalue weighted by molar-refractivity contribution is -0.104. The van der Waals surface area contributed by atoms with Gasteiger partial charge in [0.1, 0.15) is 5.76 Å². The van der Waals surface area contributed by atoms with E-state index in [1.54, 1.807) is 6.26 Å². The lowest BCUT2D eigenvalue weighted by atomic mass is 9.80. The Morgan fingerprint density at radius 2 is 2.39 bits per heavy atom. The van der Waals surface area contributed by atoms with E-state index in [2.05, 4.69) is 11.4 Å². The zero-order chi connectivity index (χ0) is 12.4. The van der Waals surface area contributed by atoms with Gasteiger partial charge < -0.3 is 19.2 Å². The van der Waals surface area contributed by atoms with E-state index in [4.69, 9.17) is 13.9 Å². The lowest BCUT2D eigenvalue weighted by Gasteiger charge is -2.39. The topological polar surface area (TPSA) is 43.6 Å². The first kappa shape index (κ1) is 12.2. The third-order valence-corrected chi connectivity index (χ3v) is 4.23. The molecule has 1 aromatic heterocycles. The molecule has 1 N–H and O–H groups in total. The van der Waals surface area contributed by atoms with Gasteiger partial charge in [-0.1, -0.05) is 0 Å². The second-order valence-corrected chi connectivity index (χ2v) is 5.37. The summed E-state index contributed by atoms with van der Waals surface area (Å²) < 4.78 is 17.1.